The minimum absolute atomic E-state index is 0.0452. The maximum absolute atomic E-state index is 10.5. The number of allylic oxidation sites excluding steroid dienone is 2. The van der Waals surface area contributed by atoms with E-state index in [1.165, 1.54) is 44.2 Å². The average molecular weight is 473 g/mol. The molecule has 0 saturated heterocycles. The third-order valence-corrected chi connectivity index (χ3v) is 9.51. The topological polar surface area (TPSA) is 95.0 Å². The van der Waals surface area contributed by atoms with Crippen LogP contribution in [0, 0.1) is 28.6 Å². The molecule has 0 aromatic carbocycles. The molecule has 0 spiro atoms. The summed E-state index contributed by atoms with van der Waals surface area (Å²) in [4.78, 5) is 10.5. The molecule has 7 heteroatoms. The molecule has 2 N–H and O–H groups in total. The van der Waals surface area contributed by atoms with Gasteiger partial charge in [-0.1, -0.05) is 24.6 Å². The second-order valence-electron chi connectivity index (χ2n) is 11.7. The Morgan fingerprint density at radius 2 is 1.91 bits per heavy atom. The Morgan fingerprint density at radius 3 is 2.62 bits per heavy atom. The van der Waals surface area contributed by atoms with Crippen molar-refractivity contribution in [3.05, 3.63) is 23.4 Å². The maximum atomic E-state index is 10.5. The van der Waals surface area contributed by atoms with E-state index in [4.69, 9.17) is 9.63 Å². The number of nitrogens with zero attached hydrogens (tertiary/aromatic N) is 4. The lowest BCUT2D eigenvalue weighted by molar-refractivity contribution is -0.0721. The molecule has 1 aromatic rings. The summed E-state index contributed by atoms with van der Waals surface area (Å²) < 4.78 is 4.86. The Hall–Kier alpha value is -1.57. The van der Waals surface area contributed by atoms with E-state index >= 15 is 0 Å². The van der Waals surface area contributed by atoms with Gasteiger partial charge in [-0.25, -0.2) is 0 Å². The van der Waals surface area contributed by atoms with Crippen LogP contribution in [0.15, 0.2) is 21.2 Å². The minimum Gasteiger partial charge on any atom is -0.396 e. The first-order valence-corrected chi connectivity index (χ1v) is 13.1. The SMILES string of the molecule is CN(C)Cc1noc(CCO)n1.CN=C1C=C2CCC3C(CC[C@@]4(C)C3CC[C@@H]4O)[C@@]2(C)CC1. The highest BCUT2D eigenvalue weighted by atomic mass is 16.5. The molecule has 4 aliphatic rings. The number of hydrogen-bond acceptors (Lipinski definition) is 7. The molecule has 3 fully saturated rings. The zero-order valence-corrected chi connectivity index (χ0v) is 21.8. The monoisotopic (exact) mass is 472 g/mol. The van der Waals surface area contributed by atoms with E-state index in [0.717, 1.165) is 30.6 Å². The van der Waals surface area contributed by atoms with E-state index in [-0.39, 0.29) is 18.1 Å². The molecule has 6 atom stereocenters. The first kappa shape index (κ1) is 25.5. The van der Waals surface area contributed by atoms with Gasteiger partial charge in [-0.2, -0.15) is 4.98 Å². The Bertz CT molecular complexity index is 909. The van der Waals surface area contributed by atoms with Crippen LogP contribution in [0.1, 0.15) is 76.9 Å². The summed E-state index contributed by atoms with van der Waals surface area (Å²) in [5.74, 6) is 3.60. The lowest BCUT2D eigenvalue weighted by atomic mass is 9.47. The molecule has 190 valence electrons. The molecule has 7 nitrogen and oxygen atoms in total. The van der Waals surface area contributed by atoms with Crippen molar-refractivity contribution >= 4 is 5.71 Å². The summed E-state index contributed by atoms with van der Waals surface area (Å²) in [5.41, 5.74) is 3.61. The summed E-state index contributed by atoms with van der Waals surface area (Å²) in [6.45, 7) is 5.62. The Labute approximate surface area is 204 Å². The average Bonchev–Trinajstić information content (AvgIpc) is 3.37. The molecule has 0 aliphatic heterocycles. The highest BCUT2D eigenvalue weighted by molar-refractivity contribution is 5.96. The van der Waals surface area contributed by atoms with E-state index in [1.54, 1.807) is 5.57 Å². The number of aliphatic hydroxyl groups is 2. The number of fused-ring (bicyclic) bond motifs is 5. The molecule has 0 amide bonds. The van der Waals surface area contributed by atoms with Crippen LogP contribution in [0.4, 0.5) is 0 Å². The summed E-state index contributed by atoms with van der Waals surface area (Å²) >= 11 is 0. The van der Waals surface area contributed by atoms with E-state index in [1.807, 2.05) is 26.0 Å². The van der Waals surface area contributed by atoms with Crippen molar-refractivity contribution in [2.24, 2.45) is 33.6 Å². The van der Waals surface area contributed by atoms with Crippen LogP contribution in [-0.2, 0) is 13.0 Å². The first-order valence-electron chi connectivity index (χ1n) is 13.1. The highest BCUT2D eigenvalue weighted by Gasteiger charge is 2.58. The van der Waals surface area contributed by atoms with Gasteiger partial charge in [0.15, 0.2) is 5.82 Å². The van der Waals surface area contributed by atoms with E-state index in [9.17, 15) is 5.11 Å². The van der Waals surface area contributed by atoms with Crippen LogP contribution >= 0.6 is 0 Å². The third kappa shape index (κ3) is 4.76. The van der Waals surface area contributed by atoms with E-state index in [0.29, 0.717) is 30.1 Å². The smallest absolute Gasteiger partial charge is 0.229 e. The Kier molecular flexibility index (Phi) is 7.65. The predicted octanol–water partition coefficient (Wildman–Crippen LogP) is 4.05. The molecular formula is C27H44N4O3. The van der Waals surface area contributed by atoms with E-state index < -0.39 is 0 Å². The Morgan fingerprint density at radius 1 is 1.12 bits per heavy atom. The van der Waals surface area contributed by atoms with Crippen LogP contribution in [0.25, 0.3) is 0 Å². The van der Waals surface area contributed by atoms with Crippen LogP contribution in [0.2, 0.25) is 0 Å². The summed E-state index contributed by atoms with van der Waals surface area (Å²) in [6, 6.07) is 0. The third-order valence-electron chi connectivity index (χ3n) is 9.51. The van der Waals surface area contributed by atoms with Gasteiger partial charge in [0.1, 0.15) is 0 Å². The molecular weight excluding hydrogens is 428 g/mol. The van der Waals surface area contributed by atoms with Crippen molar-refractivity contribution in [1.29, 1.82) is 0 Å². The molecule has 0 bridgehead atoms. The van der Waals surface area contributed by atoms with Gasteiger partial charge in [-0.05, 0) is 100 Å². The molecule has 1 aromatic heterocycles. The molecule has 4 aliphatic carbocycles. The number of rotatable bonds is 4. The fraction of sp³-hybridized carbons (Fsp3) is 0.815. The zero-order valence-electron chi connectivity index (χ0n) is 21.8. The van der Waals surface area contributed by atoms with Crippen LogP contribution < -0.4 is 0 Å². The van der Waals surface area contributed by atoms with Crippen molar-refractivity contribution in [2.45, 2.75) is 84.3 Å². The van der Waals surface area contributed by atoms with Gasteiger partial charge < -0.3 is 19.6 Å². The predicted molar refractivity (Wildman–Crippen MR) is 134 cm³/mol. The van der Waals surface area contributed by atoms with Crippen LogP contribution in [-0.4, -0.2) is 64.8 Å². The maximum Gasteiger partial charge on any atom is 0.229 e. The fourth-order valence-corrected chi connectivity index (χ4v) is 7.55. The quantitative estimate of drug-likeness (QED) is 0.687. The van der Waals surface area contributed by atoms with Crippen LogP contribution in [0.5, 0.6) is 0 Å². The molecule has 3 saturated carbocycles. The number of hydrogen-bond donors (Lipinski definition) is 2. The van der Waals surface area contributed by atoms with Gasteiger partial charge >= 0.3 is 0 Å². The molecule has 5 rings (SSSR count). The van der Waals surface area contributed by atoms with Gasteiger partial charge in [-0.3, -0.25) is 4.99 Å². The fourth-order valence-electron chi connectivity index (χ4n) is 7.55. The summed E-state index contributed by atoms with van der Waals surface area (Å²) in [7, 11) is 5.80. The Balaban J connectivity index is 0.000000195. The van der Waals surface area contributed by atoms with E-state index in [2.05, 4.69) is 35.1 Å². The number of aliphatic imine (C=N–C) groups is 1. The summed E-state index contributed by atoms with van der Waals surface area (Å²) in [6.07, 6.45) is 12.7. The second kappa shape index (κ2) is 10.2. The van der Waals surface area contributed by atoms with Gasteiger partial charge in [0, 0.05) is 12.8 Å². The van der Waals surface area contributed by atoms with Gasteiger partial charge in [0.05, 0.1) is 25.7 Å². The number of aliphatic hydroxyl groups excluding tert-OH is 2. The number of aromatic nitrogens is 2. The van der Waals surface area contributed by atoms with Crippen LogP contribution in [0.3, 0.4) is 0 Å². The second-order valence-corrected chi connectivity index (χ2v) is 11.7. The zero-order chi connectivity index (χ0) is 24.5. The molecule has 3 unspecified atom stereocenters. The summed E-state index contributed by atoms with van der Waals surface area (Å²) in [5, 5.41) is 22.8. The first-order chi connectivity index (χ1) is 16.2. The van der Waals surface area contributed by atoms with Gasteiger partial charge in [0.2, 0.25) is 5.89 Å². The van der Waals surface area contributed by atoms with Crippen molar-refractivity contribution in [1.82, 2.24) is 15.0 Å². The normalized spacial score (nSPS) is 38.0. The lowest BCUT2D eigenvalue weighted by Gasteiger charge is -2.57. The van der Waals surface area contributed by atoms with Crippen molar-refractivity contribution < 1.29 is 14.7 Å². The standard InChI is InChI=1S/C20H31NO.C7H13N3O2/c1-19-10-8-14(21-3)12-13(19)4-5-15-16-6-7-18(22)20(16,2)11-9-17(15)19;1-10(2)5-6-8-7(3-4-11)12-9-6/h12,15-18,22H,4-11H2,1-3H3;11H,3-5H2,1-2H3/t15?,16?,17?,18-,19-,20-;/m0./s1. The molecule has 1 heterocycles. The molecule has 34 heavy (non-hydrogen) atoms. The van der Waals surface area contributed by atoms with Crippen molar-refractivity contribution in [3.8, 4) is 0 Å². The van der Waals surface area contributed by atoms with Gasteiger partial charge in [-0.15, -0.1) is 0 Å². The molecule has 0 radical (unpaired) electrons. The lowest BCUT2D eigenvalue weighted by Crippen LogP contribution is -2.51. The van der Waals surface area contributed by atoms with Crippen molar-refractivity contribution in [3.63, 3.8) is 0 Å². The van der Waals surface area contributed by atoms with Gasteiger partial charge in [0.25, 0.3) is 0 Å². The largest absolute Gasteiger partial charge is 0.396 e. The minimum atomic E-state index is -0.0478. The highest BCUT2D eigenvalue weighted by Crippen LogP contribution is 2.65. The van der Waals surface area contributed by atoms with Crippen molar-refractivity contribution in [2.75, 3.05) is 27.7 Å².